The second-order valence-electron chi connectivity index (χ2n) is 4.52. The molecule has 0 spiro atoms. The van der Waals surface area contributed by atoms with Crippen molar-refractivity contribution in [3.05, 3.63) is 65.2 Å². The summed E-state index contributed by atoms with van der Waals surface area (Å²) in [6.07, 6.45) is -4.21. The smallest absolute Gasteiger partial charge is 0.225 e. The molecule has 2 aromatic rings. The summed E-state index contributed by atoms with van der Waals surface area (Å²) in [4.78, 5) is -0.0232. The Labute approximate surface area is 120 Å². The molecule has 21 heavy (non-hydrogen) atoms. The number of hydrogen-bond acceptors (Lipinski definition) is 2. The maximum atomic E-state index is 12.5. The Morgan fingerprint density at radius 1 is 0.952 bits per heavy atom. The number of benzene rings is 2. The van der Waals surface area contributed by atoms with Crippen molar-refractivity contribution in [2.75, 3.05) is 0 Å². The normalized spacial score (nSPS) is 12.4. The van der Waals surface area contributed by atoms with Crippen LogP contribution in [0.5, 0.6) is 0 Å². The van der Waals surface area contributed by atoms with E-state index < -0.39 is 21.8 Å². The van der Waals surface area contributed by atoms with Crippen LogP contribution in [0.25, 0.3) is 0 Å². The van der Waals surface area contributed by atoms with E-state index >= 15 is 0 Å². The minimum Gasteiger partial charge on any atom is -0.225 e. The van der Waals surface area contributed by atoms with Crippen LogP contribution in [0, 0.1) is 0 Å². The van der Waals surface area contributed by atoms with Gasteiger partial charge in [0.2, 0.25) is 10.0 Å². The Kier molecular flexibility index (Phi) is 4.06. The fraction of sp³-hybridized carbons (Fsp3) is 0.143. The Morgan fingerprint density at radius 3 is 2.05 bits per heavy atom. The lowest BCUT2D eigenvalue weighted by Gasteiger charge is -2.09. The van der Waals surface area contributed by atoms with Crippen LogP contribution in [0.15, 0.2) is 53.4 Å². The molecule has 2 aromatic carbocycles. The predicted octanol–water partition coefficient (Wildman–Crippen LogP) is 2.94. The molecule has 7 heteroatoms. The molecule has 0 saturated carbocycles. The molecule has 3 nitrogen and oxygen atoms in total. The first-order chi connectivity index (χ1) is 9.68. The Morgan fingerprint density at radius 2 is 1.52 bits per heavy atom. The molecule has 0 heterocycles. The zero-order chi connectivity index (χ0) is 15.7. The lowest BCUT2D eigenvalue weighted by Crippen LogP contribution is -2.14. The lowest BCUT2D eigenvalue weighted by atomic mass is 10.0. The van der Waals surface area contributed by atoms with Crippen molar-refractivity contribution in [3.8, 4) is 0 Å². The molecule has 0 aliphatic heterocycles. The van der Waals surface area contributed by atoms with Crippen LogP contribution < -0.4 is 5.14 Å². The summed E-state index contributed by atoms with van der Waals surface area (Å²) in [5, 5.41) is 5.12. The van der Waals surface area contributed by atoms with Crippen molar-refractivity contribution in [1.29, 1.82) is 0 Å². The highest BCUT2D eigenvalue weighted by Crippen LogP contribution is 2.29. The largest absolute Gasteiger partial charge is 0.416 e. The molecule has 0 fully saturated rings. The van der Waals surface area contributed by atoms with Crippen molar-refractivity contribution in [3.63, 3.8) is 0 Å². The first-order valence-corrected chi connectivity index (χ1v) is 7.49. The third-order valence-electron chi connectivity index (χ3n) is 2.95. The summed E-state index contributed by atoms with van der Waals surface area (Å²) < 4.78 is 60.3. The summed E-state index contributed by atoms with van der Waals surface area (Å²) >= 11 is 0. The van der Waals surface area contributed by atoms with Crippen molar-refractivity contribution in [2.24, 2.45) is 5.14 Å². The van der Waals surface area contributed by atoms with E-state index in [2.05, 4.69) is 0 Å². The molecule has 0 atom stereocenters. The molecular weight excluding hydrogens is 303 g/mol. The molecule has 0 radical (unpaired) electrons. The first-order valence-electron chi connectivity index (χ1n) is 5.95. The molecule has 0 aliphatic rings. The predicted molar refractivity (Wildman–Crippen MR) is 72.1 cm³/mol. The molecule has 0 unspecified atom stereocenters. The van der Waals surface area contributed by atoms with E-state index in [0.717, 1.165) is 12.1 Å². The molecular formula is C14H12F3NO2S. The highest BCUT2D eigenvalue weighted by Gasteiger charge is 2.29. The van der Waals surface area contributed by atoms with Crippen LogP contribution in [-0.4, -0.2) is 8.42 Å². The van der Waals surface area contributed by atoms with Gasteiger partial charge in [-0.05, 0) is 35.7 Å². The van der Waals surface area contributed by atoms with Gasteiger partial charge in [0.25, 0.3) is 0 Å². The summed E-state index contributed by atoms with van der Waals surface area (Å²) in [6, 6.07) is 10.7. The van der Waals surface area contributed by atoms with Gasteiger partial charge in [-0.1, -0.05) is 30.3 Å². The molecule has 0 aliphatic carbocycles. The van der Waals surface area contributed by atoms with Crippen LogP contribution in [0.1, 0.15) is 16.7 Å². The number of nitrogens with two attached hydrogens (primary N) is 1. The van der Waals surface area contributed by atoms with Gasteiger partial charge in [0, 0.05) is 0 Å². The zero-order valence-electron chi connectivity index (χ0n) is 10.8. The van der Waals surface area contributed by atoms with Crippen LogP contribution in [0.3, 0.4) is 0 Å². The summed E-state index contributed by atoms with van der Waals surface area (Å²) in [6.45, 7) is 0. The van der Waals surface area contributed by atoms with Crippen LogP contribution in [0.2, 0.25) is 0 Å². The molecule has 2 rings (SSSR count). The van der Waals surface area contributed by atoms with Crippen molar-refractivity contribution in [2.45, 2.75) is 17.5 Å². The van der Waals surface area contributed by atoms with Crippen molar-refractivity contribution < 1.29 is 21.6 Å². The topological polar surface area (TPSA) is 60.2 Å². The van der Waals surface area contributed by atoms with Gasteiger partial charge in [-0.25, -0.2) is 13.6 Å². The Hall–Kier alpha value is -1.86. The maximum Gasteiger partial charge on any atom is 0.416 e. The number of halogens is 3. The van der Waals surface area contributed by atoms with Gasteiger partial charge in [0.1, 0.15) is 0 Å². The summed E-state index contributed by atoms with van der Waals surface area (Å²) in [5.41, 5.74) is 0.268. The second-order valence-corrected chi connectivity index (χ2v) is 6.05. The van der Waals surface area contributed by atoms with Crippen LogP contribution in [-0.2, 0) is 22.6 Å². The van der Waals surface area contributed by atoms with E-state index in [9.17, 15) is 21.6 Å². The quantitative estimate of drug-likeness (QED) is 0.946. The number of alkyl halides is 3. The third kappa shape index (κ3) is 3.83. The monoisotopic (exact) mass is 315 g/mol. The van der Waals surface area contributed by atoms with E-state index in [1.165, 1.54) is 24.3 Å². The van der Waals surface area contributed by atoms with Crippen LogP contribution >= 0.6 is 0 Å². The second kappa shape index (κ2) is 5.50. The van der Waals surface area contributed by atoms with Gasteiger partial charge in [-0.2, -0.15) is 13.2 Å². The van der Waals surface area contributed by atoms with E-state index in [4.69, 9.17) is 5.14 Å². The number of hydrogen-bond donors (Lipinski definition) is 1. The Bertz CT molecular complexity index is 738. The molecule has 0 bridgehead atoms. The standard InChI is InChI=1S/C14H12F3NO2S/c15-14(16,17)12-7-5-10(6-8-12)9-11-3-1-2-4-13(11)21(18,19)20/h1-8H,9H2,(H2,18,19,20). The van der Waals surface area contributed by atoms with E-state index in [1.807, 2.05) is 0 Å². The fourth-order valence-corrected chi connectivity index (χ4v) is 2.73. The lowest BCUT2D eigenvalue weighted by molar-refractivity contribution is -0.137. The third-order valence-corrected chi connectivity index (χ3v) is 3.97. The minimum atomic E-state index is -4.39. The van der Waals surface area contributed by atoms with Crippen molar-refractivity contribution >= 4 is 10.0 Å². The fourth-order valence-electron chi connectivity index (χ4n) is 1.96. The van der Waals surface area contributed by atoms with E-state index in [-0.39, 0.29) is 11.3 Å². The van der Waals surface area contributed by atoms with Gasteiger partial charge in [0.05, 0.1) is 10.5 Å². The maximum absolute atomic E-state index is 12.5. The molecule has 112 valence electrons. The van der Waals surface area contributed by atoms with Gasteiger partial charge in [-0.15, -0.1) is 0 Å². The highest BCUT2D eigenvalue weighted by molar-refractivity contribution is 7.89. The van der Waals surface area contributed by atoms with E-state index in [1.54, 1.807) is 12.1 Å². The SMILES string of the molecule is NS(=O)(=O)c1ccccc1Cc1ccc(C(F)(F)F)cc1. The van der Waals surface area contributed by atoms with Gasteiger partial charge in [-0.3, -0.25) is 0 Å². The van der Waals surface area contributed by atoms with Crippen molar-refractivity contribution in [1.82, 2.24) is 0 Å². The first kappa shape index (κ1) is 15.5. The van der Waals surface area contributed by atoms with E-state index in [0.29, 0.717) is 11.1 Å². The zero-order valence-corrected chi connectivity index (χ0v) is 11.6. The average molecular weight is 315 g/mol. The van der Waals surface area contributed by atoms with Crippen LogP contribution in [0.4, 0.5) is 13.2 Å². The molecule has 0 saturated heterocycles. The summed E-state index contributed by atoms with van der Waals surface area (Å²) in [7, 11) is -3.86. The molecule has 0 amide bonds. The average Bonchev–Trinajstić information content (AvgIpc) is 2.37. The highest BCUT2D eigenvalue weighted by atomic mass is 32.2. The van der Waals surface area contributed by atoms with Gasteiger partial charge in [0.15, 0.2) is 0 Å². The number of sulfonamides is 1. The molecule has 2 N–H and O–H groups in total. The van der Waals surface area contributed by atoms with Gasteiger partial charge >= 0.3 is 6.18 Å². The Balaban J connectivity index is 2.32. The number of primary sulfonamides is 1. The molecule has 0 aromatic heterocycles. The van der Waals surface area contributed by atoms with Gasteiger partial charge < -0.3 is 0 Å². The number of rotatable bonds is 3. The summed E-state index contributed by atoms with van der Waals surface area (Å²) in [5.74, 6) is 0. The minimum absolute atomic E-state index is 0.0232.